The molecule has 11 nitrogen and oxygen atoms in total. The van der Waals surface area contributed by atoms with Gasteiger partial charge in [0.05, 0.1) is 11.8 Å². The van der Waals surface area contributed by atoms with E-state index in [1.165, 1.54) is 9.80 Å². The van der Waals surface area contributed by atoms with Gasteiger partial charge in [0.25, 0.3) is 0 Å². The third-order valence-corrected chi connectivity index (χ3v) is 11.3. The average Bonchev–Trinajstić information content (AvgIpc) is 3.35. The van der Waals surface area contributed by atoms with Gasteiger partial charge in [-0.1, -0.05) is 89.5 Å². The minimum Gasteiger partial charge on any atom is -0.342 e. The maximum Gasteiger partial charge on any atom is 0.317 e. The first-order chi connectivity index (χ1) is 22.8. The molecule has 0 radical (unpaired) electrons. The van der Waals surface area contributed by atoms with Crippen LogP contribution in [0.25, 0.3) is 0 Å². The van der Waals surface area contributed by atoms with Crippen LogP contribution < -0.4 is 5.32 Å². The zero-order valence-corrected chi connectivity index (χ0v) is 33.2. The van der Waals surface area contributed by atoms with Gasteiger partial charge in [-0.05, 0) is 46.3 Å². The summed E-state index contributed by atoms with van der Waals surface area (Å²) in [5.74, 6) is 0.609. The third-order valence-electron chi connectivity index (χ3n) is 11.3. The number of amides is 7. The lowest BCUT2D eigenvalue weighted by Gasteiger charge is -2.46. The Balaban J connectivity index is 0.000000271. The number of nitrogens with one attached hydrogen (secondary N) is 1. The Morgan fingerprint density at radius 1 is 0.580 bits per heavy atom. The lowest BCUT2D eigenvalue weighted by atomic mass is 9.76. The second kappa shape index (κ2) is 15.7. The van der Waals surface area contributed by atoms with Crippen LogP contribution in [0.5, 0.6) is 0 Å². The predicted molar refractivity (Wildman–Crippen MR) is 194 cm³/mol. The molecule has 2 unspecified atom stereocenters. The SMILES string of the molecule is CC(C)(C)C1CN(C(=O)CCCCCN2C(=O)CC(C(C)(C)C)C2=O)C1.CC(C)(C)C1CN(C(=O)NCCN2C(=O)CC(C(C)(C)C)C2=O)C1. The average molecular weight is 702 g/mol. The Kier molecular flexibility index (Phi) is 13.0. The number of hydrogen-bond donors (Lipinski definition) is 1. The number of carbonyl (C=O) groups is 6. The van der Waals surface area contributed by atoms with Gasteiger partial charge in [0.15, 0.2) is 0 Å². The van der Waals surface area contributed by atoms with E-state index in [-0.39, 0.29) is 82.0 Å². The number of unbranched alkanes of at least 4 members (excludes halogenated alkanes) is 2. The molecule has 2 atom stereocenters. The lowest BCUT2D eigenvalue weighted by Crippen LogP contribution is -2.57. The molecule has 4 fully saturated rings. The van der Waals surface area contributed by atoms with E-state index in [1.807, 2.05) is 46.4 Å². The molecular weight excluding hydrogens is 634 g/mol. The molecule has 0 saturated carbocycles. The van der Waals surface area contributed by atoms with Crippen molar-refractivity contribution in [3.8, 4) is 0 Å². The molecule has 11 heteroatoms. The molecule has 0 bridgehead atoms. The Labute approximate surface area is 301 Å². The van der Waals surface area contributed by atoms with Crippen molar-refractivity contribution in [2.75, 3.05) is 45.8 Å². The van der Waals surface area contributed by atoms with E-state index in [9.17, 15) is 28.8 Å². The zero-order valence-electron chi connectivity index (χ0n) is 33.2. The lowest BCUT2D eigenvalue weighted by molar-refractivity contribution is -0.142. The molecule has 7 amide bonds. The highest BCUT2D eigenvalue weighted by molar-refractivity contribution is 6.04. The summed E-state index contributed by atoms with van der Waals surface area (Å²) in [6.07, 6.45) is 3.67. The summed E-state index contributed by atoms with van der Waals surface area (Å²) in [6, 6.07) is -0.109. The van der Waals surface area contributed by atoms with Gasteiger partial charge < -0.3 is 15.1 Å². The fourth-order valence-corrected chi connectivity index (χ4v) is 6.88. The van der Waals surface area contributed by atoms with Gasteiger partial charge in [-0.25, -0.2) is 4.79 Å². The molecule has 4 heterocycles. The van der Waals surface area contributed by atoms with Crippen LogP contribution in [0.2, 0.25) is 0 Å². The summed E-state index contributed by atoms with van der Waals surface area (Å²) in [4.78, 5) is 79.7. The summed E-state index contributed by atoms with van der Waals surface area (Å²) >= 11 is 0. The summed E-state index contributed by atoms with van der Waals surface area (Å²) in [5.41, 5.74) is 0.101. The molecule has 284 valence electrons. The highest BCUT2D eigenvalue weighted by Gasteiger charge is 2.45. The summed E-state index contributed by atoms with van der Waals surface area (Å²) in [5, 5.41) is 2.82. The number of imide groups is 2. The first-order valence-corrected chi connectivity index (χ1v) is 18.8. The van der Waals surface area contributed by atoms with E-state index in [1.54, 1.807) is 4.90 Å². The van der Waals surface area contributed by atoms with Crippen LogP contribution in [0, 0.1) is 45.3 Å². The second-order valence-corrected chi connectivity index (χ2v) is 19.4. The quantitative estimate of drug-likeness (QED) is 0.248. The third kappa shape index (κ3) is 10.5. The first kappa shape index (κ1) is 41.4. The van der Waals surface area contributed by atoms with Crippen LogP contribution in [0.15, 0.2) is 0 Å². The van der Waals surface area contributed by atoms with Gasteiger partial charge in [0, 0.05) is 65.1 Å². The molecule has 4 aliphatic rings. The number of rotatable bonds is 9. The van der Waals surface area contributed by atoms with Crippen molar-refractivity contribution < 1.29 is 28.8 Å². The van der Waals surface area contributed by atoms with Crippen molar-refractivity contribution in [3.63, 3.8) is 0 Å². The predicted octanol–water partition coefficient (Wildman–Crippen LogP) is 5.57. The maximum absolute atomic E-state index is 12.4. The van der Waals surface area contributed by atoms with E-state index in [4.69, 9.17) is 0 Å². The van der Waals surface area contributed by atoms with E-state index in [0.717, 1.165) is 45.4 Å². The van der Waals surface area contributed by atoms with Gasteiger partial charge in [-0.2, -0.15) is 0 Å². The standard InChI is InChI=1S/C21H36N2O3.C18H31N3O3/c1-20(2,3)15-13-22(14-15)17(24)10-8-7-9-11-23-18(25)12-16(19(23)26)21(4,5)6;1-17(2,3)12-10-20(11-12)16(24)19-7-8-21-14(22)9-13(15(21)23)18(4,5)6/h15-16H,7-14H2,1-6H3;12-13H,7-11H2,1-6H3,(H,19,24). The molecule has 4 rings (SSSR count). The van der Waals surface area contributed by atoms with Crippen LogP contribution in [0.1, 0.15) is 122 Å². The molecule has 4 saturated heterocycles. The minimum atomic E-state index is -0.261. The van der Waals surface area contributed by atoms with E-state index >= 15 is 0 Å². The highest BCUT2D eigenvalue weighted by atomic mass is 16.2. The van der Waals surface area contributed by atoms with E-state index in [0.29, 0.717) is 37.8 Å². The van der Waals surface area contributed by atoms with Crippen LogP contribution in [-0.4, -0.2) is 101 Å². The monoisotopic (exact) mass is 702 g/mol. The molecule has 0 aromatic rings. The van der Waals surface area contributed by atoms with Crippen molar-refractivity contribution in [1.82, 2.24) is 24.9 Å². The van der Waals surface area contributed by atoms with Gasteiger partial charge >= 0.3 is 6.03 Å². The van der Waals surface area contributed by atoms with Crippen molar-refractivity contribution in [3.05, 3.63) is 0 Å². The van der Waals surface area contributed by atoms with Gasteiger partial charge in [-0.15, -0.1) is 0 Å². The smallest absolute Gasteiger partial charge is 0.317 e. The molecule has 1 N–H and O–H groups in total. The number of likely N-dealkylation sites (tertiary alicyclic amines) is 4. The van der Waals surface area contributed by atoms with Crippen LogP contribution in [-0.2, 0) is 24.0 Å². The van der Waals surface area contributed by atoms with Crippen molar-refractivity contribution >= 4 is 35.6 Å². The number of urea groups is 1. The second-order valence-electron chi connectivity index (χ2n) is 19.4. The van der Waals surface area contributed by atoms with Crippen molar-refractivity contribution in [2.24, 2.45) is 45.3 Å². The largest absolute Gasteiger partial charge is 0.342 e. The fraction of sp³-hybridized carbons (Fsp3) is 0.846. The Bertz CT molecular complexity index is 1270. The molecule has 0 aromatic heterocycles. The first-order valence-electron chi connectivity index (χ1n) is 18.8. The van der Waals surface area contributed by atoms with Gasteiger partial charge in [0.2, 0.25) is 29.5 Å². The number of hydrogen-bond acceptors (Lipinski definition) is 6. The topological polar surface area (TPSA) is 127 Å². The maximum atomic E-state index is 12.4. The van der Waals surface area contributed by atoms with E-state index < -0.39 is 0 Å². The molecular formula is C39H67N5O6. The summed E-state index contributed by atoms with van der Waals surface area (Å²) in [7, 11) is 0. The molecule has 0 aliphatic carbocycles. The Morgan fingerprint density at radius 3 is 1.40 bits per heavy atom. The fourth-order valence-electron chi connectivity index (χ4n) is 6.88. The van der Waals surface area contributed by atoms with Gasteiger partial charge in [0.1, 0.15) is 0 Å². The minimum absolute atomic E-state index is 0.0209. The normalized spacial score (nSPS) is 22.5. The van der Waals surface area contributed by atoms with Crippen LogP contribution >= 0.6 is 0 Å². The Hall–Kier alpha value is -2.98. The molecule has 50 heavy (non-hydrogen) atoms. The number of nitrogens with zero attached hydrogens (tertiary/aromatic N) is 4. The molecule has 0 spiro atoms. The van der Waals surface area contributed by atoms with Crippen LogP contribution in [0.3, 0.4) is 0 Å². The highest BCUT2D eigenvalue weighted by Crippen LogP contribution is 2.37. The number of carbonyl (C=O) groups excluding carboxylic acids is 6. The van der Waals surface area contributed by atoms with Gasteiger partial charge in [-0.3, -0.25) is 33.8 Å². The van der Waals surface area contributed by atoms with Crippen molar-refractivity contribution in [2.45, 2.75) is 122 Å². The van der Waals surface area contributed by atoms with Crippen LogP contribution in [0.4, 0.5) is 4.79 Å². The molecule has 0 aromatic carbocycles. The van der Waals surface area contributed by atoms with Crippen molar-refractivity contribution in [1.29, 1.82) is 0 Å². The Morgan fingerprint density at radius 2 is 1.00 bits per heavy atom. The molecule has 4 aliphatic heterocycles. The van der Waals surface area contributed by atoms with E-state index in [2.05, 4.69) is 46.9 Å². The summed E-state index contributed by atoms with van der Waals surface area (Å²) < 4.78 is 0. The zero-order chi connectivity index (χ0) is 38.0. The summed E-state index contributed by atoms with van der Waals surface area (Å²) in [6.45, 7) is 29.6.